The van der Waals surface area contributed by atoms with Crippen molar-refractivity contribution < 1.29 is 9.18 Å². The van der Waals surface area contributed by atoms with E-state index in [4.69, 9.17) is 0 Å². The van der Waals surface area contributed by atoms with Crippen LogP contribution in [0.4, 0.5) is 4.39 Å². The van der Waals surface area contributed by atoms with E-state index in [-0.39, 0.29) is 24.2 Å². The quantitative estimate of drug-likeness (QED) is 0.784. The number of carbonyl (C=O) groups is 1. The van der Waals surface area contributed by atoms with Gasteiger partial charge in [0.1, 0.15) is 17.7 Å². The number of aryl methyl sites for hydroxylation is 1. The molecule has 1 N–H and O–H groups in total. The largest absolute Gasteiger partial charge is 0.342 e. The molecule has 1 atom stereocenters. The van der Waals surface area contributed by atoms with E-state index in [1.807, 2.05) is 48.1 Å². The molecule has 3 aromatic rings. The number of hydrogen-bond donors (Lipinski definition) is 1. The lowest BCUT2D eigenvalue weighted by Crippen LogP contribution is -2.32. The van der Waals surface area contributed by atoms with Crippen LogP contribution in [-0.2, 0) is 18.3 Å². The second-order valence-corrected chi connectivity index (χ2v) is 5.61. The Morgan fingerprint density at radius 1 is 1.17 bits per heavy atom. The highest BCUT2D eigenvalue weighted by Crippen LogP contribution is 2.20. The summed E-state index contributed by atoms with van der Waals surface area (Å²) in [6.45, 7) is 0. The van der Waals surface area contributed by atoms with Gasteiger partial charge in [-0.1, -0.05) is 42.5 Å². The third-order valence-electron chi connectivity index (χ3n) is 3.83. The molecule has 0 saturated carbocycles. The van der Waals surface area contributed by atoms with Gasteiger partial charge < -0.3 is 9.88 Å². The predicted octanol–water partition coefficient (Wildman–Crippen LogP) is 3.01. The van der Waals surface area contributed by atoms with Crippen molar-refractivity contribution in [1.82, 2.24) is 14.9 Å². The normalized spacial score (nSPS) is 11.9. The summed E-state index contributed by atoms with van der Waals surface area (Å²) >= 11 is 0. The zero-order chi connectivity index (χ0) is 16.9. The Hall–Kier alpha value is -2.95. The molecular formula is C19H18FN3O. The summed E-state index contributed by atoms with van der Waals surface area (Å²) in [5.74, 6) is 0.307. The van der Waals surface area contributed by atoms with Gasteiger partial charge in [0.15, 0.2) is 0 Å². The van der Waals surface area contributed by atoms with E-state index >= 15 is 0 Å². The monoisotopic (exact) mass is 323 g/mol. The van der Waals surface area contributed by atoms with Gasteiger partial charge in [0.25, 0.3) is 0 Å². The molecule has 24 heavy (non-hydrogen) atoms. The number of rotatable bonds is 5. The van der Waals surface area contributed by atoms with Crippen LogP contribution in [0.3, 0.4) is 0 Å². The molecule has 1 aromatic heterocycles. The number of imidazole rings is 1. The van der Waals surface area contributed by atoms with Crippen LogP contribution in [0.2, 0.25) is 0 Å². The van der Waals surface area contributed by atoms with Crippen molar-refractivity contribution >= 4 is 5.91 Å². The molecule has 0 spiro atoms. The topological polar surface area (TPSA) is 46.9 Å². The van der Waals surface area contributed by atoms with Crippen LogP contribution >= 0.6 is 0 Å². The van der Waals surface area contributed by atoms with Gasteiger partial charge in [0.2, 0.25) is 5.91 Å². The molecule has 0 unspecified atom stereocenters. The first-order valence-electron chi connectivity index (χ1n) is 7.69. The van der Waals surface area contributed by atoms with Crippen molar-refractivity contribution in [1.29, 1.82) is 0 Å². The minimum atomic E-state index is -0.334. The Balaban J connectivity index is 1.80. The van der Waals surface area contributed by atoms with Crippen LogP contribution < -0.4 is 5.32 Å². The van der Waals surface area contributed by atoms with Crippen LogP contribution in [-0.4, -0.2) is 15.5 Å². The molecule has 3 rings (SSSR count). The molecule has 0 fully saturated rings. The maximum absolute atomic E-state index is 13.0. The molecule has 122 valence electrons. The SMILES string of the molecule is Cn1ccnc1[C@@H](NC(=O)Cc1ccc(F)cc1)c1ccccc1. The fraction of sp³-hybridized carbons (Fsp3) is 0.158. The molecule has 0 aliphatic rings. The summed E-state index contributed by atoms with van der Waals surface area (Å²) in [7, 11) is 1.89. The van der Waals surface area contributed by atoms with Crippen LogP contribution in [0.15, 0.2) is 67.0 Å². The third kappa shape index (κ3) is 3.68. The Morgan fingerprint density at radius 3 is 2.50 bits per heavy atom. The standard InChI is InChI=1S/C19H18FN3O/c1-23-12-11-21-19(23)18(15-5-3-2-4-6-15)22-17(24)13-14-7-9-16(20)10-8-14/h2-12,18H,13H2,1H3,(H,22,24)/t18-/m0/s1. The average molecular weight is 323 g/mol. The van der Waals surface area contributed by atoms with Gasteiger partial charge in [-0.2, -0.15) is 0 Å². The third-order valence-corrected chi connectivity index (χ3v) is 3.83. The first-order valence-corrected chi connectivity index (χ1v) is 7.69. The highest BCUT2D eigenvalue weighted by molar-refractivity contribution is 5.79. The van der Waals surface area contributed by atoms with Gasteiger partial charge in [0.05, 0.1) is 6.42 Å². The molecule has 0 bridgehead atoms. The van der Waals surface area contributed by atoms with E-state index in [1.54, 1.807) is 18.3 Å². The molecule has 0 aliphatic heterocycles. The van der Waals surface area contributed by atoms with Crippen molar-refractivity contribution in [3.63, 3.8) is 0 Å². The number of nitrogens with one attached hydrogen (secondary N) is 1. The van der Waals surface area contributed by atoms with Gasteiger partial charge in [0, 0.05) is 19.4 Å². The zero-order valence-electron chi connectivity index (χ0n) is 13.3. The van der Waals surface area contributed by atoms with E-state index in [9.17, 15) is 9.18 Å². The number of aromatic nitrogens is 2. The van der Waals surface area contributed by atoms with Gasteiger partial charge in [-0.05, 0) is 23.3 Å². The number of carbonyl (C=O) groups excluding carboxylic acids is 1. The average Bonchev–Trinajstić information content (AvgIpc) is 3.01. The Bertz CT molecular complexity index is 812. The van der Waals surface area contributed by atoms with Gasteiger partial charge in [-0.3, -0.25) is 4.79 Å². The Morgan fingerprint density at radius 2 is 1.88 bits per heavy atom. The molecular weight excluding hydrogens is 305 g/mol. The molecule has 0 aliphatic carbocycles. The van der Waals surface area contributed by atoms with E-state index in [2.05, 4.69) is 10.3 Å². The van der Waals surface area contributed by atoms with Crippen molar-refractivity contribution in [3.05, 3.63) is 89.8 Å². The van der Waals surface area contributed by atoms with Crippen LogP contribution in [0.5, 0.6) is 0 Å². The second-order valence-electron chi connectivity index (χ2n) is 5.61. The maximum Gasteiger partial charge on any atom is 0.225 e. The Kier molecular flexibility index (Phi) is 4.70. The minimum Gasteiger partial charge on any atom is -0.342 e. The fourth-order valence-electron chi connectivity index (χ4n) is 2.60. The molecule has 4 nitrogen and oxygen atoms in total. The zero-order valence-corrected chi connectivity index (χ0v) is 13.3. The lowest BCUT2D eigenvalue weighted by molar-refractivity contribution is -0.121. The van der Waals surface area contributed by atoms with E-state index < -0.39 is 0 Å². The summed E-state index contributed by atoms with van der Waals surface area (Å²) < 4.78 is 14.9. The second kappa shape index (κ2) is 7.08. The van der Waals surface area contributed by atoms with Crippen LogP contribution in [0.25, 0.3) is 0 Å². The van der Waals surface area contributed by atoms with E-state index in [0.717, 1.165) is 17.0 Å². The number of amides is 1. The lowest BCUT2D eigenvalue weighted by Gasteiger charge is -2.19. The van der Waals surface area contributed by atoms with Crippen molar-refractivity contribution in [2.75, 3.05) is 0 Å². The van der Waals surface area contributed by atoms with Crippen molar-refractivity contribution in [3.8, 4) is 0 Å². The molecule has 5 heteroatoms. The number of benzene rings is 2. The number of halogens is 1. The summed E-state index contributed by atoms with van der Waals surface area (Å²) in [6.07, 6.45) is 3.74. The highest BCUT2D eigenvalue weighted by atomic mass is 19.1. The van der Waals surface area contributed by atoms with E-state index in [0.29, 0.717) is 0 Å². The fourth-order valence-corrected chi connectivity index (χ4v) is 2.60. The number of hydrogen-bond acceptors (Lipinski definition) is 2. The summed E-state index contributed by atoms with van der Waals surface area (Å²) in [5.41, 5.74) is 1.72. The van der Waals surface area contributed by atoms with Crippen LogP contribution in [0, 0.1) is 5.82 Å². The molecule has 2 aromatic carbocycles. The Labute approximate surface area is 140 Å². The molecule has 1 heterocycles. The van der Waals surface area contributed by atoms with E-state index in [1.165, 1.54) is 12.1 Å². The molecule has 1 amide bonds. The summed E-state index contributed by atoms with van der Waals surface area (Å²) in [4.78, 5) is 16.8. The van der Waals surface area contributed by atoms with Gasteiger partial charge in [-0.15, -0.1) is 0 Å². The van der Waals surface area contributed by atoms with Crippen molar-refractivity contribution in [2.45, 2.75) is 12.5 Å². The first kappa shape index (κ1) is 15.9. The first-order chi connectivity index (χ1) is 11.6. The predicted molar refractivity (Wildman–Crippen MR) is 89.7 cm³/mol. The smallest absolute Gasteiger partial charge is 0.225 e. The lowest BCUT2D eigenvalue weighted by atomic mass is 10.1. The van der Waals surface area contributed by atoms with Crippen molar-refractivity contribution in [2.24, 2.45) is 7.05 Å². The van der Waals surface area contributed by atoms with Gasteiger partial charge >= 0.3 is 0 Å². The highest BCUT2D eigenvalue weighted by Gasteiger charge is 2.20. The summed E-state index contributed by atoms with van der Waals surface area (Å²) in [5, 5.41) is 3.02. The van der Waals surface area contributed by atoms with Gasteiger partial charge in [-0.25, -0.2) is 9.37 Å². The maximum atomic E-state index is 13.0. The molecule has 0 radical (unpaired) electrons. The minimum absolute atomic E-state index is 0.140. The van der Waals surface area contributed by atoms with Crippen LogP contribution in [0.1, 0.15) is 23.0 Å². The summed E-state index contributed by atoms with van der Waals surface area (Å²) in [6, 6.07) is 15.3. The number of nitrogens with zero attached hydrogens (tertiary/aromatic N) is 2. The molecule has 0 saturated heterocycles.